The lowest BCUT2D eigenvalue weighted by atomic mass is 10.1. The summed E-state index contributed by atoms with van der Waals surface area (Å²) in [6.45, 7) is 1.04. The number of halogens is 1. The Bertz CT molecular complexity index is 367. The zero-order valence-electron chi connectivity index (χ0n) is 10.9. The molecule has 96 valence electrons. The molecular weight excluding hydrogens is 238 g/mol. The predicted octanol–water partition coefficient (Wildman–Crippen LogP) is 2.85. The van der Waals surface area contributed by atoms with Crippen molar-refractivity contribution in [2.24, 2.45) is 0 Å². The van der Waals surface area contributed by atoms with Gasteiger partial charge in [0.25, 0.3) is 0 Å². The zero-order valence-corrected chi connectivity index (χ0v) is 11.7. The first-order valence-corrected chi connectivity index (χ1v) is 6.01. The zero-order chi connectivity index (χ0) is 12.8. The van der Waals surface area contributed by atoms with Crippen LogP contribution in [0.25, 0.3) is 0 Å². The van der Waals surface area contributed by atoms with E-state index in [0.717, 1.165) is 30.7 Å². The maximum Gasteiger partial charge on any atom is 0.163 e. The number of aryl methyl sites for hydroxylation is 1. The molecule has 0 unspecified atom stereocenters. The second-order valence-corrected chi connectivity index (χ2v) is 4.64. The van der Waals surface area contributed by atoms with Gasteiger partial charge in [-0.15, -0.1) is 0 Å². The van der Waals surface area contributed by atoms with Crippen LogP contribution in [0, 0.1) is 0 Å². The van der Waals surface area contributed by atoms with E-state index in [1.54, 1.807) is 20.3 Å². The molecule has 0 aliphatic rings. The van der Waals surface area contributed by atoms with Crippen molar-refractivity contribution in [3.05, 3.63) is 22.7 Å². The van der Waals surface area contributed by atoms with Crippen molar-refractivity contribution in [2.75, 3.05) is 34.9 Å². The normalized spacial score (nSPS) is 10.7. The first kappa shape index (κ1) is 14.1. The first-order chi connectivity index (χ1) is 8.08. The van der Waals surface area contributed by atoms with Crippen molar-refractivity contribution in [3.63, 3.8) is 0 Å². The van der Waals surface area contributed by atoms with Crippen LogP contribution in [0.4, 0.5) is 0 Å². The SMILES string of the molecule is COc1cc(Cl)cc(CCCN(C)C)c1OC. The van der Waals surface area contributed by atoms with E-state index in [4.69, 9.17) is 21.1 Å². The second-order valence-electron chi connectivity index (χ2n) is 4.21. The second kappa shape index (κ2) is 6.72. The summed E-state index contributed by atoms with van der Waals surface area (Å²) in [5.74, 6) is 1.48. The minimum Gasteiger partial charge on any atom is -0.493 e. The summed E-state index contributed by atoms with van der Waals surface area (Å²) in [5, 5.41) is 0.683. The van der Waals surface area contributed by atoms with Gasteiger partial charge in [0, 0.05) is 11.1 Å². The largest absolute Gasteiger partial charge is 0.493 e. The van der Waals surface area contributed by atoms with Crippen LogP contribution in [0.2, 0.25) is 5.02 Å². The molecule has 0 saturated heterocycles. The number of hydrogen-bond acceptors (Lipinski definition) is 3. The van der Waals surface area contributed by atoms with E-state index in [1.165, 1.54) is 0 Å². The standard InChI is InChI=1S/C13H20ClNO2/c1-15(2)7-5-6-10-8-11(14)9-12(16-3)13(10)17-4/h8-9H,5-7H2,1-4H3. The summed E-state index contributed by atoms with van der Waals surface area (Å²) in [5.41, 5.74) is 1.10. The van der Waals surface area contributed by atoms with Crippen molar-refractivity contribution in [2.45, 2.75) is 12.8 Å². The van der Waals surface area contributed by atoms with Gasteiger partial charge in [-0.2, -0.15) is 0 Å². The third-order valence-corrected chi connectivity index (χ3v) is 2.79. The molecule has 0 saturated carbocycles. The molecular formula is C13H20ClNO2. The van der Waals surface area contributed by atoms with Crippen LogP contribution < -0.4 is 9.47 Å². The fourth-order valence-electron chi connectivity index (χ4n) is 1.78. The molecule has 0 N–H and O–H groups in total. The Morgan fingerprint density at radius 3 is 2.41 bits per heavy atom. The van der Waals surface area contributed by atoms with Gasteiger partial charge >= 0.3 is 0 Å². The summed E-state index contributed by atoms with van der Waals surface area (Å²) >= 11 is 6.05. The monoisotopic (exact) mass is 257 g/mol. The molecule has 3 nitrogen and oxygen atoms in total. The van der Waals surface area contributed by atoms with Crippen molar-refractivity contribution in [1.82, 2.24) is 4.90 Å². The van der Waals surface area contributed by atoms with Crippen LogP contribution in [-0.4, -0.2) is 39.8 Å². The van der Waals surface area contributed by atoms with Gasteiger partial charge in [0.2, 0.25) is 0 Å². The van der Waals surface area contributed by atoms with Crippen LogP contribution in [-0.2, 0) is 6.42 Å². The van der Waals surface area contributed by atoms with Crippen LogP contribution in [0.3, 0.4) is 0 Å². The third kappa shape index (κ3) is 4.10. The van der Waals surface area contributed by atoms with E-state index in [2.05, 4.69) is 19.0 Å². The molecule has 0 atom stereocenters. The molecule has 1 rings (SSSR count). The molecule has 0 aliphatic heterocycles. The molecule has 1 aromatic rings. The highest BCUT2D eigenvalue weighted by atomic mass is 35.5. The van der Waals surface area contributed by atoms with Gasteiger partial charge < -0.3 is 14.4 Å². The molecule has 0 bridgehead atoms. The Hall–Kier alpha value is -0.930. The Kier molecular flexibility index (Phi) is 5.59. The van der Waals surface area contributed by atoms with Crippen LogP contribution in [0.5, 0.6) is 11.5 Å². The first-order valence-electron chi connectivity index (χ1n) is 5.63. The van der Waals surface area contributed by atoms with Crippen molar-refractivity contribution < 1.29 is 9.47 Å². The van der Waals surface area contributed by atoms with Gasteiger partial charge in [0.15, 0.2) is 11.5 Å². The van der Waals surface area contributed by atoms with E-state index in [1.807, 2.05) is 6.07 Å². The summed E-state index contributed by atoms with van der Waals surface area (Å²) < 4.78 is 10.6. The van der Waals surface area contributed by atoms with E-state index in [0.29, 0.717) is 10.8 Å². The summed E-state index contributed by atoms with van der Waals surface area (Å²) in [7, 11) is 7.41. The molecule has 4 heteroatoms. The Morgan fingerprint density at radius 1 is 1.18 bits per heavy atom. The van der Waals surface area contributed by atoms with E-state index >= 15 is 0 Å². The number of hydrogen-bond donors (Lipinski definition) is 0. The van der Waals surface area contributed by atoms with Crippen LogP contribution in [0.15, 0.2) is 12.1 Å². The van der Waals surface area contributed by atoms with E-state index < -0.39 is 0 Å². The maximum atomic E-state index is 6.05. The average Bonchev–Trinajstić information content (AvgIpc) is 2.27. The van der Waals surface area contributed by atoms with Gasteiger partial charge in [-0.3, -0.25) is 0 Å². The van der Waals surface area contributed by atoms with E-state index in [9.17, 15) is 0 Å². The van der Waals surface area contributed by atoms with Gasteiger partial charge in [-0.1, -0.05) is 11.6 Å². The van der Waals surface area contributed by atoms with Gasteiger partial charge in [-0.25, -0.2) is 0 Å². The number of benzene rings is 1. The van der Waals surface area contributed by atoms with Crippen molar-refractivity contribution in [3.8, 4) is 11.5 Å². The quantitative estimate of drug-likeness (QED) is 0.782. The lowest BCUT2D eigenvalue weighted by molar-refractivity contribution is 0.349. The minimum atomic E-state index is 0.683. The Balaban J connectivity index is 2.85. The van der Waals surface area contributed by atoms with Gasteiger partial charge in [0.1, 0.15) is 0 Å². The van der Waals surface area contributed by atoms with Crippen molar-refractivity contribution >= 4 is 11.6 Å². The highest BCUT2D eigenvalue weighted by molar-refractivity contribution is 6.30. The molecule has 0 aromatic heterocycles. The highest BCUT2D eigenvalue weighted by Crippen LogP contribution is 2.35. The third-order valence-electron chi connectivity index (χ3n) is 2.57. The molecule has 0 radical (unpaired) electrons. The Labute approximate surface area is 108 Å². The molecule has 0 aliphatic carbocycles. The molecule has 0 amide bonds. The predicted molar refractivity (Wildman–Crippen MR) is 71.4 cm³/mol. The molecule has 0 heterocycles. The average molecular weight is 258 g/mol. The number of ether oxygens (including phenoxy) is 2. The minimum absolute atomic E-state index is 0.683. The lowest BCUT2D eigenvalue weighted by Crippen LogP contribution is -2.13. The van der Waals surface area contributed by atoms with Crippen LogP contribution >= 0.6 is 11.6 Å². The molecule has 1 aromatic carbocycles. The topological polar surface area (TPSA) is 21.7 Å². The van der Waals surface area contributed by atoms with Crippen LogP contribution in [0.1, 0.15) is 12.0 Å². The lowest BCUT2D eigenvalue weighted by Gasteiger charge is -2.14. The van der Waals surface area contributed by atoms with Crippen molar-refractivity contribution in [1.29, 1.82) is 0 Å². The Morgan fingerprint density at radius 2 is 1.88 bits per heavy atom. The summed E-state index contributed by atoms with van der Waals surface area (Å²) in [6, 6.07) is 3.72. The number of methoxy groups -OCH3 is 2. The smallest absolute Gasteiger partial charge is 0.163 e. The number of rotatable bonds is 6. The fourth-order valence-corrected chi connectivity index (χ4v) is 2.01. The maximum absolute atomic E-state index is 6.05. The molecule has 0 fully saturated rings. The van der Waals surface area contributed by atoms with E-state index in [-0.39, 0.29) is 0 Å². The summed E-state index contributed by atoms with van der Waals surface area (Å²) in [6.07, 6.45) is 1.99. The molecule has 17 heavy (non-hydrogen) atoms. The summed E-state index contributed by atoms with van der Waals surface area (Å²) in [4.78, 5) is 2.16. The van der Waals surface area contributed by atoms with Gasteiger partial charge in [-0.05, 0) is 45.1 Å². The highest BCUT2D eigenvalue weighted by Gasteiger charge is 2.11. The molecule has 0 spiro atoms. The fraction of sp³-hybridized carbons (Fsp3) is 0.538. The number of nitrogens with zero attached hydrogens (tertiary/aromatic N) is 1. The van der Waals surface area contributed by atoms with Gasteiger partial charge in [0.05, 0.1) is 14.2 Å².